The van der Waals surface area contributed by atoms with Crippen molar-refractivity contribution in [2.45, 2.75) is 6.92 Å². The molecule has 0 aliphatic heterocycles. The maximum absolute atomic E-state index is 3.70. The quantitative estimate of drug-likeness (QED) is 0.317. The summed E-state index contributed by atoms with van der Waals surface area (Å²) in [6, 6.07) is 0. The average molecular weight is 212 g/mol. The van der Waals surface area contributed by atoms with Gasteiger partial charge in [0, 0.05) is 0 Å². The van der Waals surface area contributed by atoms with E-state index in [0.717, 1.165) is 10.2 Å². The second kappa shape index (κ2) is 4.43. The Morgan fingerprint density at radius 3 is 2.57 bits per heavy atom. The van der Waals surface area contributed by atoms with E-state index in [4.69, 9.17) is 0 Å². The van der Waals surface area contributed by atoms with Crippen LogP contribution in [0.2, 0.25) is 0 Å². The van der Waals surface area contributed by atoms with Crippen molar-refractivity contribution in [1.29, 1.82) is 0 Å². The predicted molar refractivity (Wildman–Crippen MR) is 28.7 cm³/mol. The zero-order valence-electron chi connectivity index (χ0n) is 4.79. The number of hydrogen-bond donors (Lipinski definition) is 1. The second-order valence-corrected chi connectivity index (χ2v) is 3.65. The van der Waals surface area contributed by atoms with E-state index in [2.05, 4.69) is 16.8 Å². The zero-order chi connectivity index (χ0) is 5.70. The molecule has 0 saturated heterocycles. The summed E-state index contributed by atoms with van der Waals surface area (Å²) in [5, 5.41) is 3.15. The van der Waals surface area contributed by atoms with Crippen LogP contribution in [0.5, 0.6) is 0 Å². The molecule has 0 unspecified atom stereocenters. The summed E-state index contributed by atoms with van der Waals surface area (Å²) >= 11 is 0.402. The summed E-state index contributed by atoms with van der Waals surface area (Å²) in [6.07, 6.45) is 0. The van der Waals surface area contributed by atoms with Crippen LogP contribution in [-0.4, -0.2) is 9.48 Å². The molecule has 2 heteroatoms. The molecule has 7 heavy (non-hydrogen) atoms. The Labute approximate surface area is 55.4 Å². The van der Waals surface area contributed by atoms with Gasteiger partial charge in [-0.25, -0.2) is 0 Å². The molecule has 0 aliphatic carbocycles. The van der Waals surface area contributed by atoms with Crippen molar-refractivity contribution in [3.8, 4) is 0 Å². The molecule has 0 radical (unpaired) electrons. The first-order valence-electron chi connectivity index (χ1n) is 2.10. The van der Waals surface area contributed by atoms with Crippen LogP contribution in [0.3, 0.4) is 0 Å². The molecule has 0 aliphatic rings. The topological polar surface area (TPSA) is 12.0 Å². The van der Waals surface area contributed by atoms with Gasteiger partial charge in [0.15, 0.2) is 0 Å². The van der Waals surface area contributed by atoms with Crippen molar-refractivity contribution in [3.05, 3.63) is 12.3 Å². The van der Waals surface area contributed by atoms with Gasteiger partial charge in [0.25, 0.3) is 0 Å². The molecule has 0 heterocycles. The van der Waals surface area contributed by atoms with Crippen LogP contribution in [0.4, 0.5) is 0 Å². The summed E-state index contributed by atoms with van der Waals surface area (Å²) in [4.78, 5) is 2.24. The number of allylic oxidation sites excluding steroid dienone is 1. The van der Waals surface area contributed by atoms with E-state index in [9.17, 15) is 0 Å². The molecule has 0 bridgehead atoms. The van der Waals surface area contributed by atoms with Crippen molar-refractivity contribution in [1.82, 2.24) is 5.32 Å². The Bertz CT molecular complexity index is 61.1. The molecule has 0 saturated carbocycles. The van der Waals surface area contributed by atoms with Crippen LogP contribution >= 0.6 is 0 Å². The molecule has 1 N–H and O–H groups in total. The molecule has 44 valence electrons. The van der Waals surface area contributed by atoms with Crippen LogP contribution in [0.25, 0.3) is 0 Å². The molecule has 1 nitrogen and oxygen atoms in total. The Hall–Kier alpha value is 0.270. The zero-order valence-corrected chi connectivity index (χ0v) is 6.95. The molecule has 0 aromatic rings. The summed E-state index contributed by atoms with van der Waals surface area (Å²) in [6.45, 7) is 5.68. The monoisotopic (exact) mass is 212 g/mol. The van der Waals surface area contributed by atoms with E-state index >= 15 is 0 Å². The number of hydrogen-bond acceptors (Lipinski definition) is 1. The Balaban J connectivity index is 2.82. The number of alkyl halides is 2. The Morgan fingerprint density at radius 1 is 1.86 bits per heavy atom. The van der Waals surface area contributed by atoms with Crippen molar-refractivity contribution < 1.29 is 21.2 Å². The molecule has 0 amide bonds. The predicted octanol–water partition coefficient (Wildman–Crippen LogP) is -2.21. The van der Waals surface area contributed by atoms with Gasteiger partial charge in [-0.3, -0.25) is 0 Å². The van der Waals surface area contributed by atoms with Crippen molar-refractivity contribution in [2.24, 2.45) is 0 Å². The molecule has 0 aromatic carbocycles. The van der Waals surface area contributed by atoms with Crippen molar-refractivity contribution in [3.63, 3.8) is 0 Å². The summed E-state index contributed by atoms with van der Waals surface area (Å²) in [5.41, 5.74) is 1.08. The van der Waals surface area contributed by atoms with E-state index < -0.39 is 0 Å². The Morgan fingerprint density at radius 2 is 2.43 bits per heavy atom. The third kappa shape index (κ3) is 6.27. The van der Waals surface area contributed by atoms with E-state index in [-0.39, 0.29) is 0 Å². The fourth-order valence-corrected chi connectivity index (χ4v) is 1.21. The molecule has 0 atom stereocenters. The van der Waals surface area contributed by atoms with E-state index in [1.165, 1.54) is 0 Å². The Kier molecular flexibility index (Phi) is 4.60. The van der Waals surface area contributed by atoms with Gasteiger partial charge in [0.05, 0.1) is 0 Å². The molecule has 0 rings (SSSR count). The molecular weight excluding hydrogens is 201 g/mol. The van der Waals surface area contributed by atoms with Gasteiger partial charge in [-0.2, -0.15) is 0 Å². The summed E-state index contributed by atoms with van der Waals surface area (Å²) in [5.74, 6) is 0. The van der Waals surface area contributed by atoms with Crippen LogP contribution in [-0.2, 0) is 0 Å². The molecule has 0 fully saturated rings. The van der Waals surface area contributed by atoms with Crippen LogP contribution < -0.4 is 26.5 Å². The number of nitrogens with one attached hydrogen (secondary N) is 1. The molecule has 0 aromatic heterocycles. The van der Waals surface area contributed by atoms with Crippen molar-refractivity contribution >= 4 is 0 Å². The van der Waals surface area contributed by atoms with E-state index in [1.54, 1.807) is 0 Å². The maximum atomic E-state index is 3.70. The second-order valence-electron chi connectivity index (χ2n) is 1.36. The van der Waals surface area contributed by atoms with Gasteiger partial charge in [0.1, 0.15) is 0 Å². The third-order valence-electron chi connectivity index (χ3n) is 0.502. The standard InChI is InChI=1S/C5H11IN/c1-5(2)7-4-6-3/h7H,1,4H2,2-3H3/q-1. The van der Waals surface area contributed by atoms with Crippen LogP contribution in [0.15, 0.2) is 12.3 Å². The average Bonchev–Trinajstić information content (AvgIpc) is 1.61. The minimum absolute atomic E-state index is 0.402. The first kappa shape index (κ1) is 7.27. The van der Waals surface area contributed by atoms with Gasteiger partial charge >= 0.3 is 55.2 Å². The van der Waals surface area contributed by atoms with Gasteiger partial charge in [-0.15, -0.1) is 0 Å². The fraction of sp³-hybridized carbons (Fsp3) is 0.600. The molecular formula is C5H11IN-. The van der Waals surface area contributed by atoms with Gasteiger partial charge < -0.3 is 0 Å². The third-order valence-corrected chi connectivity index (χ3v) is 1.65. The van der Waals surface area contributed by atoms with Gasteiger partial charge in [0.2, 0.25) is 0 Å². The summed E-state index contributed by atoms with van der Waals surface area (Å²) < 4.78 is 1.16. The normalized spacial score (nSPS) is 8.86. The van der Waals surface area contributed by atoms with E-state index in [1.807, 2.05) is 6.92 Å². The minimum atomic E-state index is 0.402. The van der Waals surface area contributed by atoms with Crippen molar-refractivity contribution in [2.75, 3.05) is 9.48 Å². The number of rotatable bonds is 3. The van der Waals surface area contributed by atoms with Crippen LogP contribution in [0, 0.1) is 0 Å². The molecule has 0 spiro atoms. The summed E-state index contributed by atoms with van der Waals surface area (Å²) in [7, 11) is 0. The van der Waals surface area contributed by atoms with Gasteiger partial charge in [-0.05, 0) is 0 Å². The van der Waals surface area contributed by atoms with Gasteiger partial charge in [-0.1, -0.05) is 0 Å². The first-order chi connectivity index (χ1) is 3.27. The SMILES string of the molecule is C=C(C)NC[I-]C. The van der Waals surface area contributed by atoms with E-state index in [0.29, 0.717) is 21.2 Å². The van der Waals surface area contributed by atoms with Crippen LogP contribution in [0.1, 0.15) is 6.92 Å². The number of halogens is 1. The first-order valence-corrected chi connectivity index (χ1v) is 5.79. The fourth-order valence-electron chi connectivity index (χ4n) is 0.181.